The summed E-state index contributed by atoms with van der Waals surface area (Å²) in [5, 5.41) is 8.47. The molecular formula is C14H17N5O2S. The lowest BCUT2D eigenvalue weighted by molar-refractivity contribution is -0.115. The van der Waals surface area contributed by atoms with Crippen LogP contribution in [0.4, 0.5) is 10.7 Å². The van der Waals surface area contributed by atoms with E-state index in [1.165, 1.54) is 12.8 Å². The molecule has 1 atom stereocenters. The zero-order valence-corrected chi connectivity index (χ0v) is 12.8. The van der Waals surface area contributed by atoms with Gasteiger partial charge in [-0.1, -0.05) is 0 Å². The fourth-order valence-electron chi connectivity index (χ4n) is 2.43. The van der Waals surface area contributed by atoms with Crippen molar-refractivity contribution in [3.63, 3.8) is 0 Å². The maximum absolute atomic E-state index is 11.5. The molecule has 0 aliphatic carbocycles. The van der Waals surface area contributed by atoms with E-state index in [9.17, 15) is 9.59 Å². The molecule has 116 valence electrons. The molecule has 2 aliphatic heterocycles. The number of thioether (sulfide) groups is 1. The number of hydrogen-bond acceptors (Lipinski definition) is 7. The number of anilines is 1. The second-order valence-corrected chi connectivity index (χ2v) is 6.27. The summed E-state index contributed by atoms with van der Waals surface area (Å²) in [5.74, 6) is 0.735. The minimum atomic E-state index is -0.378. The molecule has 2 amide bonds. The van der Waals surface area contributed by atoms with Gasteiger partial charge in [0.2, 0.25) is 5.95 Å². The molecule has 2 aliphatic rings. The summed E-state index contributed by atoms with van der Waals surface area (Å²) >= 11 is 0.883. The molecular weight excluding hydrogens is 302 g/mol. The Balaban J connectivity index is 1.63. The fourth-order valence-corrected chi connectivity index (χ4v) is 3.09. The number of piperidine rings is 1. The third-order valence-corrected chi connectivity index (χ3v) is 4.36. The van der Waals surface area contributed by atoms with Crippen LogP contribution >= 0.6 is 11.8 Å². The zero-order valence-electron chi connectivity index (χ0n) is 12.0. The number of carbonyl (C=O) groups is 2. The lowest BCUT2D eigenvalue weighted by Gasteiger charge is -2.22. The van der Waals surface area contributed by atoms with E-state index >= 15 is 0 Å². The summed E-state index contributed by atoms with van der Waals surface area (Å²) in [4.78, 5) is 31.6. The van der Waals surface area contributed by atoms with Crippen molar-refractivity contribution in [1.82, 2.24) is 20.6 Å². The minimum Gasteiger partial charge on any atom is -0.354 e. The summed E-state index contributed by atoms with van der Waals surface area (Å²) in [6, 6.07) is 1.71. The largest absolute Gasteiger partial charge is 0.354 e. The Hall–Kier alpha value is -1.93. The van der Waals surface area contributed by atoms with E-state index in [4.69, 9.17) is 0 Å². The molecule has 0 spiro atoms. The van der Waals surface area contributed by atoms with Crippen molar-refractivity contribution in [1.29, 1.82) is 0 Å². The van der Waals surface area contributed by atoms with Crippen LogP contribution in [0.2, 0.25) is 0 Å². The number of aromatic nitrogens is 2. The first-order valence-electron chi connectivity index (χ1n) is 7.23. The Kier molecular flexibility index (Phi) is 4.69. The van der Waals surface area contributed by atoms with Crippen molar-refractivity contribution in [2.24, 2.45) is 5.92 Å². The highest BCUT2D eigenvalue weighted by atomic mass is 32.2. The van der Waals surface area contributed by atoms with Crippen LogP contribution in [0.15, 0.2) is 17.2 Å². The van der Waals surface area contributed by atoms with E-state index in [0.29, 0.717) is 22.5 Å². The van der Waals surface area contributed by atoms with Gasteiger partial charge in [0.25, 0.3) is 11.1 Å². The Bertz CT molecular complexity index is 613. The van der Waals surface area contributed by atoms with Crippen molar-refractivity contribution < 1.29 is 9.59 Å². The van der Waals surface area contributed by atoms with Crippen LogP contribution in [0.5, 0.6) is 0 Å². The van der Waals surface area contributed by atoms with Crippen molar-refractivity contribution in [3.8, 4) is 0 Å². The van der Waals surface area contributed by atoms with Gasteiger partial charge in [0, 0.05) is 12.7 Å². The van der Waals surface area contributed by atoms with Crippen LogP contribution in [0.25, 0.3) is 6.08 Å². The molecule has 3 heterocycles. The van der Waals surface area contributed by atoms with Crippen LogP contribution in [0.3, 0.4) is 0 Å². The number of carbonyl (C=O) groups excluding carboxylic acids is 2. The van der Waals surface area contributed by atoms with Gasteiger partial charge in [-0.05, 0) is 55.8 Å². The van der Waals surface area contributed by atoms with Crippen molar-refractivity contribution >= 4 is 34.9 Å². The second-order valence-electron chi connectivity index (χ2n) is 5.25. The maximum Gasteiger partial charge on any atom is 0.290 e. The highest BCUT2D eigenvalue weighted by Crippen LogP contribution is 2.25. The number of nitrogens with zero attached hydrogens (tertiary/aromatic N) is 2. The zero-order chi connectivity index (χ0) is 15.4. The van der Waals surface area contributed by atoms with Crippen LogP contribution in [0.1, 0.15) is 18.5 Å². The molecule has 22 heavy (non-hydrogen) atoms. The van der Waals surface area contributed by atoms with E-state index in [1.807, 2.05) is 0 Å². The van der Waals surface area contributed by atoms with Gasteiger partial charge >= 0.3 is 0 Å². The average Bonchev–Trinajstić information content (AvgIpc) is 2.84. The van der Waals surface area contributed by atoms with Gasteiger partial charge in [-0.3, -0.25) is 14.9 Å². The van der Waals surface area contributed by atoms with E-state index in [-0.39, 0.29) is 11.1 Å². The monoisotopic (exact) mass is 319 g/mol. The summed E-state index contributed by atoms with van der Waals surface area (Å²) in [6.45, 7) is 2.92. The lowest BCUT2D eigenvalue weighted by atomic mass is 10.00. The van der Waals surface area contributed by atoms with Crippen LogP contribution in [-0.4, -0.2) is 40.7 Å². The minimum absolute atomic E-state index is 0.353. The number of imide groups is 1. The highest BCUT2D eigenvalue weighted by molar-refractivity contribution is 8.18. The van der Waals surface area contributed by atoms with Crippen LogP contribution in [-0.2, 0) is 4.79 Å². The highest BCUT2D eigenvalue weighted by Gasteiger charge is 2.25. The third-order valence-electron chi connectivity index (χ3n) is 3.55. The number of rotatable bonds is 4. The van der Waals surface area contributed by atoms with Gasteiger partial charge in [0.05, 0.1) is 10.6 Å². The molecule has 2 fully saturated rings. The van der Waals surface area contributed by atoms with E-state index in [1.54, 1.807) is 18.3 Å². The smallest absolute Gasteiger partial charge is 0.290 e. The van der Waals surface area contributed by atoms with Gasteiger partial charge in [-0.2, -0.15) is 0 Å². The molecule has 1 aromatic heterocycles. The molecule has 0 radical (unpaired) electrons. The summed E-state index contributed by atoms with van der Waals surface area (Å²) < 4.78 is 0. The molecule has 3 N–H and O–H groups in total. The molecule has 8 heteroatoms. The SMILES string of the molecule is O=C1NC(=O)/C(=C\c2ccnc(NCC3CCCNC3)n2)S1. The molecule has 1 unspecified atom stereocenters. The maximum atomic E-state index is 11.5. The molecule has 2 saturated heterocycles. The van der Waals surface area contributed by atoms with Gasteiger partial charge in [-0.15, -0.1) is 0 Å². The first-order chi connectivity index (χ1) is 10.7. The number of nitrogens with one attached hydrogen (secondary N) is 3. The second kappa shape index (κ2) is 6.89. The molecule has 0 saturated carbocycles. The summed E-state index contributed by atoms with van der Waals surface area (Å²) in [6.07, 6.45) is 5.63. The number of hydrogen-bond donors (Lipinski definition) is 3. The molecule has 0 bridgehead atoms. The van der Waals surface area contributed by atoms with Gasteiger partial charge < -0.3 is 10.6 Å². The summed E-state index contributed by atoms with van der Waals surface area (Å²) in [7, 11) is 0. The lowest BCUT2D eigenvalue weighted by Crippen LogP contribution is -2.33. The third kappa shape index (κ3) is 3.83. The van der Waals surface area contributed by atoms with Crippen LogP contribution < -0.4 is 16.0 Å². The number of amides is 2. The van der Waals surface area contributed by atoms with Crippen molar-refractivity contribution in [2.45, 2.75) is 12.8 Å². The molecule has 7 nitrogen and oxygen atoms in total. The standard InChI is InChI=1S/C14H17N5O2S/c20-12-11(22-14(21)19-12)6-10-3-5-16-13(18-10)17-8-9-2-1-4-15-7-9/h3,5-6,9,15H,1-2,4,7-8H2,(H,16,17,18)(H,19,20,21)/b11-6+. The first-order valence-corrected chi connectivity index (χ1v) is 8.05. The average molecular weight is 319 g/mol. The van der Waals surface area contributed by atoms with Gasteiger partial charge in [0.15, 0.2) is 0 Å². The molecule has 0 aromatic carbocycles. The van der Waals surface area contributed by atoms with Crippen LogP contribution in [0, 0.1) is 5.92 Å². The Labute approximate surface area is 132 Å². The fraction of sp³-hybridized carbons (Fsp3) is 0.429. The Morgan fingerprint density at radius 2 is 2.36 bits per heavy atom. The van der Waals surface area contributed by atoms with E-state index in [0.717, 1.165) is 31.4 Å². The Morgan fingerprint density at radius 1 is 1.45 bits per heavy atom. The quantitative estimate of drug-likeness (QED) is 0.718. The Morgan fingerprint density at radius 3 is 3.09 bits per heavy atom. The predicted molar refractivity (Wildman–Crippen MR) is 85.2 cm³/mol. The molecule has 3 rings (SSSR count). The van der Waals surface area contributed by atoms with Gasteiger partial charge in [-0.25, -0.2) is 9.97 Å². The predicted octanol–water partition coefficient (Wildman–Crippen LogP) is 1.21. The first kappa shape index (κ1) is 15.0. The topological polar surface area (TPSA) is 96.0 Å². The van der Waals surface area contributed by atoms with Gasteiger partial charge in [0.1, 0.15) is 0 Å². The normalized spacial score (nSPS) is 23.6. The van der Waals surface area contributed by atoms with E-state index < -0.39 is 0 Å². The van der Waals surface area contributed by atoms with E-state index in [2.05, 4.69) is 25.9 Å². The van der Waals surface area contributed by atoms with Crippen molar-refractivity contribution in [2.75, 3.05) is 25.0 Å². The summed E-state index contributed by atoms with van der Waals surface area (Å²) in [5.41, 5.74) is 0.603. The van der Waals surface area contributed by atoms with Crippen molar-refractivity contribution in [3.05, 3.63) is 22.9 Å². The molecule has 1 aromatic rings.